The first-order valence-electron chi connectivity index (χ1n) is 7.94. The Hall–Kier alpha value is -1.10. The zero-order valence-corrected chi connectivity index (χ0v) is 13.6. The molecule has 4 nitrogen and oxygen atoms in total. The molecule has 3 atom stereocenters. The minimum atomic E-state index is 0. The van der Waals surface area contributed by atoms with Crippen molar-refractivity contribution < 1.29 is 9.53 Å². The molecule has 2 N–H and O–H groups in total. The van der Waals surface area contributed by atoms with E-state index in [2.05, 4.69) is 12.1 Å². The van der Waals surface area contributed by atoms with E-state index in [0.717, 1.165) is 24.8 Å². The zero-order valence-electron chi connectivity index (χ0n) is 12.8. The molecule has 1 saturated carbocycles. The number of carbonyl (C=O) groups excluding carboxylic acids is 1. The van der Waals surface area contributed by atoms with Crippen LogP contribution in [0.2, 0.25) is 0 Å². The SMILES string of the molecule is Cl.NC[C@H]1CCC[C@H]1C(=O)N1CCOCC1c1ccccc1. The normalized spacial score (nSPS) is 28.2. The van der Waals surface area contributed by atoms with E-state index in [4.69, 9.17) is 10.5 Å². The van der Waals surface area contributed by atoms with Crippen molar-refractivity contribution in [1.29, 1.82) is 0 Å². The summed E-state index contributed by atoms with van der Waals surface area (Å²) in [6.45, 7) is 2.54. The maximum absolute atomic E-state index is 13.0. The van der Waals surface area contributed by atoms with Gasteiger partial charge in [-0.3, -0.25) is 4.79 Å². The summed E-state index contributed by atoms with van der Waals surface area (Å²) < 4.78 is 5.61. The van der Waals surface area contributed by atoms with Gasteiger partial charge < -0.3 is 15.4 Å². The molecule has 1 saturated heterocycles. The summed E-state index contributed by atoms with van der Waals surface area (Å²) in [4.78, 5) is 15.0. The fourth-order valence-corrected chi connectivity index (χ4v) is 3.68. The van der Waals surface area contributed by atoms with E-state index in [1.165, 1.54) is 0 Å². The number of ether oxygens (including phenoxy) is 1. The fourth-order valence-electron chi connectivity index (χ4n) is 3.68. The van der Waals surface area contributed by atoms with Crippen LogP contribution < -0.4 is 5.73 Å². The minimum absolute atomic E-state index is 0. The topological polar surface area (TPSA) is 55.6 Å². The molecule has 122 valence electrons. The summed E-state index contributed by atoms with van der Waals surface area (Å²) in [5.74, 6) is 0.746. The van der Waals surface area contributed by atoms with E-state index < -0.39 is 0 Å². The van der Waals surface area contributed by atoms with Gasteiger partial charge in [0.15, 0.2) is 0 Å². The number of rotatable bonds is 3. The van der Waals surface area contributed by atoms with Crippen LogP contribution in [0.15, 0.2) is 30.3 Å². The van der Waals surface area contributed by atoms with Crippen LogP contribution in [-0.2, 0) is 9.53 Å². The predicted octanol–water partition coefficient (Wildman–Crippen LogP) is 2.38. The Labute approximate surface area is 138 Å². The molecule has 1 aromatic rings. The van der Waals surface area contributed by atoms with Gasteiger partial charge in [-0.15, -0.1) is 12.4 Å². The number of morpholine rings is 1. The van der Waals surface area contributed by atoms with Crippen LogP contribution in [0, 0.1) is 11.8 Å². The average molecular weight is 325 g/mol. The Balaban J connectivity index is 0.00000176. The van der Waals surface area contributed by atoms with Crippen molar-refractivity contribution in [1.82, 2.24) is 4.90 Å². The Bertz CT molecular complexity index is 483. The van der Waals surface area contributed by atoms with Gasteiger partial charge in [0.25, 0.3) is 0 Å². The standard InChI is InChI=1S/C17H24N2O2.ClH/c18-11-14-7-4-8-15(14)17(20)19-9-10-21-12-16(19)13-5-2-1-3-6-13;/h1-3,5-6,14-16H,4,7-12,18H2;1H/t14-,15-,16?;/m1./s1. The van der Waals surface area contributed by atoms with Crippen molar-refractivity contribution in [3.05, 3.63) is 35.9 Å². The number of hydrogen-bond donors (Lipinski definition) is 1. The largest absolute Gasteiger partial charge is 0.377 e. The Morgan fingerprint density at radius 2 is 2.05 bits per heavy atom. The van der Waals surface area contributed by atoms with Crippen molar-refractivity contribution in [3.8, 4) is 0 Å². The monoisotopic (exact) mass is 324 g/mol. The number of nitrogens with zero attached hydrogens (tertiary/aromatic N) is 1. The van der Waals surface area contributed by atoms with Gasteiger partial charge in [0, 0.05) is 12.5 Å². The number of carbonyl (C=O) groups is 1. The van der Waals surface area contributed by atoms with E-state index in [0.29, 0.717) is 32.2 Å². The van der Waals surface area contributed by atoms with Crippen LogP contribution in [0.5, 0.6) is 0 Å². The molecule has 1 amide bonds. The highest BCUT2D eigenvalue weighted by Gasteiger charge is 2.38. The maximum Gasteiger partial charge on any atom is 0.226 e. The number of hydrogen-bond acceptors (Lipinski definition) is 3. The van der Waals surface area contributed by atoms with E-state index in [9.17, 15) is 4.79 Å². The van der Waals surface area contributed by atoms with Crippen LogP contribution >= 0.6 is 12.4 Å². The summed E-state index contributed by atoms with van der Waals surface area (Å²) in [6.07, 6.45) is 3.20. The van der Waals surface area contributed by atoms with Crippen molar-refractivity contribution in [2.75, 3.05) is 26.3 Å². The van der Waals surface area contributed by atoms with Crippen LogP contribution in [0.25, 0.3) is 0 Å². The molecule has 2 aliphatic rings. The summed E-state index contributed by atoms with van der Waals surface area (Å²) in [6, 6.07) is 10.2. The lowest BCUT2D eigenvalue weighted by Crippen LogP contribution is -2.47. The molecule has 22 heavy (non-hydrogen) atoms. The molecule has 1 aliphatic heterocycles. The molecule has 0 radical (unpaired) electrons. The third kappa shape index (κ3) is 3.45. The van der Waals surface area contributed by atoms with Gasteiger partial charge in [-0.2, -0.15) is 0 Å². The molecular weight excluding hydrogens is 300 g/mol. The van der Waals surface area contributed by atoms with Crippen LogP contribution in [0.1, 0.15) is 30.9 Å². The number of nitrogens with two attached hydrogens (primary N) is 1. The second-order valence-corrected chi connectivity index (χ2v) is 6.07. The van der Waals surface area contributed by atoms with Gasteiger partial charge in [0.05, 0.1) is 19.3 Å². The number of benzene rings is 1. The van der Waals surface area contributed by atoms with Gasteiger partial charge >= 0.3 is 0 Å². The second kappa shape index (κ2) is 7.95. The van der Waals surface area contributed by atoms with Gasteiger partial charge in [-0.1, -0.05) is 36.8 Å². The first-order chi connectivity index (χ1) is 10.3. The molecular formula is C17H25ClN2O2. The van der Waals surface area contributed by atoms with Gasteiger partial charge in [0.1, 0.15) is 0 Å². The van der Waals surface area contributed by atoms with Crippen LogP contribution in [0.4, 0.5) is 0 Å². The molecule has 0 spiro atoms. The lowest BCUT2D eigenvalue weighted by atomic mass is 9.93. The molecule has 1 heterocycles. The van der Waals surface area contributed by atoms with Gasteiger partial charge in [-0.05, 0) is 30.9 Å². The van der Waals surface area contributed by atoms with E-state index >= 15 is 0 Å². The fraction of sp³-hybridized carbons (Fsp3) is 0.588. The second-order valence-electron chi connectivity index (χ2n) is 6.07. The molecule has 5 heteroatoms. The van der Waals surface area contributed by atoms with E-state index in [-0.39, 0.29) is 30.3 Å². The quantitative estimate of drug-likeness (QED) is 0.928. The molecule has 3 rings (SSSR count). The third-order valence-electron chi connectivity index (χ3n) is 4.87. The minimum Gasteiger partial charge on any atom is -0.377 e. The molecule has 1 aliphatic carbocycles. The van der Waals surface area contributed by atoms with Crippen LogP contribution in [0.3, 0.4) is 0 Å². The van der Waals surface area contributed by atoms with Gasteiger partial charge in [0.2, 0.25) is 5.91 Å². The zero-order chi connectivity index (χ0) is 14.7. The summed E-state index contributed by atoms with van der Waals surface area (Å²) in [5.41, 5.74) is 7.00. The summed E-state index contributed by atoms with van der Waals surface area (Å²) in [7, 11) is 0. The Morgan fingerprint density at radius 1 is 1.27 bits per heavy atom. The van der Waals surface area contributed by atoms with Crippen molar-refractivity contribution in [3.63, 3.8) is 0 Å². The predicted molar refractivity (Wildman–Crippen MR) is 88.8 cm³/mol. The molecule has 0 aromatic heterocycles. The van der Waals surface area contributed by atoms with Crippen molar-refractivity contribution >= 4 is 18.3 Å². The van der Waals surface area contributed by atoms with Crippen molar-refractivity contribution in [2.24, 2.45) is 17.6 Å². The highest BCUT2D eigenvalue weighted by atomic mass is 35.5. The average Bonchev–Trinajstić information content (AvgIpc) is 3.03. The summed E-state index contributed by atoms with van der Waals surface area (Å²) in [5, 5.41) is 0. The highest BCUT2D eigenvalue weighted by Crippen LogP contribution is 2.35. The van der Waals surface area contributed by atoms with Gasteiger partial charge in [-0.25, -0.2) is 0 Å². The Kier molecular flexibility index (Phi) is 6.24. The van der Waals surface area contributed by atoms with E-state index in [1.54, 1.807) is 0 Å². The van der Waals surface area contributed by atoms with Crippen molar-refractivity contribution in [2.45, 2.75) is 25.3 Å². The third-order valence-corrected chi connectivity index (χ3v) is 4.87. The first kappa shape index (κ1) is 17.3. The molecule has 1 unspecified atom stereocenters. The first-order valence-corrected chi connectivity index (χ1v) is 7.94. The number of amides is 1. The maximum atomic E-state index is 13.0. The molecule has 0 bridgehead atoms. The lowest BCUT2D eigenvalue weighted by Gasteiger charge is -2.38. The lowest BCUT2D eigenvalue weighted by molar-refractivity contribution is -0.145. The summed E-state index contributed by atoms with van der Waals surface area (Å²) >= 11 is 0. The highest BCUT2D eigenvalue weighted by molar-refractivity contribution is 5.85. The van der Waals surface area contributed by atoms with E-state index in [1.807, 2.05) is 23.1 Å². The Morgan fingerprint density at radius 3 is 2.77 bits per heavy atom. The molecule has 2 fully saturated rings. The smallest absolute Gasteiger partial charge is 0.226 e. The van der Waals surface area contributed by atoms with Crippen LogP contribution in [-0.4, -0.2) is 37.1 Å². The number of halogens is 1. The molecule has 1 aromatic carbocycles.